The number of aromatic nitrogens is 1. The molecule has 9 heteroatoms. The number of fused-ring (bicyclic) bond motifs is 1. The van der Waals surface area contributed by atoms with E-state index in [-0.39, 0.29) is 36.7 Å². The Morgan fingerprint density at radius 1 is 1.15 bits per heavy atom. The zero-order valence-electron chi connectivity index (χ0n) is 17.8. The fourth-order valence-corrected chi connectivity index (χ4v) is 4.83. The van der Waals surface area contributed by atoms with Gasteiger partial charge in [0.2, 0.25) is 11.8 Å². The van der Waals surface area contributed by atoms with Crippen LogP contribution in [0.25, 0.3) is 0 Å². The van der Waals surface area contributed by atoms with Crippen LogP contribution in [0.15, 0.2) is 36.5 Å². The van der Waals surface area contributed by atoms with E-state index < -0.39 is 11.9 Å². The van der Waals surface area contributed by atoms with E-state index in [1.165, 1.54) is 4.90 Å². The molecule has 1 aliphatic carbocycles. The van der Waals surface area contributed by atoms with Crippen LogP contribution in [0.4, 0.5) is 0 Å². The zero-order valence-corrected chi connectivity index (χ0v) is 18.6. The molecular weight excluding hydrogens is 444 g/mol. The average Bonchev–Trinajstić information content (AvgIpc) is 3.08. The Labute approximate surface area is 195 Å². The Morgan fingerprint density at radius 2 is 1.97 bits per heavy atom. The molecule has 3 aliphatic rings. The molecule has 2 aliphatic heterocycles. The van der Waals surface area contributed by atoms with Crippen molar-refractivity contribution >= 4 is 35.2 Å². The molecule has 0 spiro atoms. The number of halogens is 1. The number of carbonyl (C=O) groups excluding carboxylic acids is 4. The second kappa shape index (κ2) is 8.59. The van der Waals surface area contributed by atoms with Crippen LogP contribution in [0, 0.1) is 5.92 Å². The van der Waals surface area contributed by atoms with Gasteiger partial charge >= 0.3 is 0 Å². The Morgan fingerprint density at radius 3 is 2.64 bits per heavy atom. The van der Waals surface area contributed by atoms with E-state index in [1.807, 2.05) is 6.07 Å². The van der Waals surface area contributed by atoms with Crippen LogP contribution in [-0.4, -0.2) is 39.6 Å². The molecule has 1 saturated carbocycles. The summed E-state index contributed by atoms with van der Waals surface area (Å²) in [6.45, 7) is 0.229. The molecule has 0 radical (unpaired) electrons. The van der Waals surface area contributed by atoms with Crippen molar-refractivity contribution in [3.05, 3.63) is 63.9 Å². The van der Waals surface area contributed by atoms with Gasteiger partial charge in [-0.25, -0.2) is 0 Å². The summed E-state index contributed by atoms with van der Waals surface area (Å²) in [4.78, 5) is 55.6. The smallest absolute Gasteiger partial charge is 0.255 e. The fourth-order valence-electron chi connectivity index (χ4n) is 4.72. The lowest BCUT2D eigenvalue weighted by Gasteiger charge is -2.34. The van der Waals surface area contributed by atoms with Gasteiger partial charge in [0.05, 0.1) is 16.8 Å². The molecule has 33 heavy (non-hydrogen) atoms. The highest BCUT2D eigenvalue weighted by atomic mass is 35.5. The number of hydrogen-bond acceptors (Lipinski definition) is 5. The number of amides is 4. The number of nitrogens with one attached hydrogen (secondary N) is 2. The lowest BCUT2D eigenvalue weighted by molar-refractivity contribution is -0.136. The van der Waals surface area contributed by atoms with E-state index in [0.717, 1.165) is 25.0 Å². The first kappa shape index (κ1) is 21.6. The van der Waals surface area contributed by atoms with Gasteiger partial charge < -0.3 is 10.2 Å². The standard InChI is InChI=1S/C24H23ClN4O4/c25-16-5-7-18(26-11-16)21(13-2-1-3-13)28-22(31)14-4-6-17-15(10-14)12-29(24(17)33)19-8-9-20(30)27-23(19)32/h4-7,10-11,13,19,21H,1-3,8-9,12H2,(H,28,31)(H,27,30,32)/t19-,21+/m0/s1. The molecule has 1 saturated heterocycles. The third-order valence-corrected chi connectivity index (χ3v) is 6.99. The molecule has 3 heterocycles. The van der Waals surface area contributed by atoms with Crippen LogP contribution in [0.2, 0.25) is 5.02 Å². The Kier molecular flexibility index (Phi) is 5.62. The number of hydrogen-bond donors (Lipinski definition) is 2. The number of imide groups is 1. The molecular formula is C24H23ClN4O4. The van der Waals surface area contributed by atoms with E-state index in [4.69, 9.17) is 11.6 Å². The van der Waals surface area contributed by atoms with Crippen molar-refractivity contribution in [1.82, 2.24) is 20.5 Å². The maximum atomic E-state index is 13.1. The van der Waals surface area contributed by atoms with Crippen LogP contribution < -0.4 is 10.6 Å². The minimum absolute atomic E-state index is 0.200. The first-order valence-electron chi connectivity index (χ1n) is 11.1. The van der Waals surface area contributed by atoms with Crippen LogP contribution >= 0.6 is 11.6 Å². The summed E-state index contributed by atoms with van der Waals surface area (Å²) in [6.07, 6.45) is 5.26. The summed E-state index contributed by atoms with van der Waals surface area (Å²) < 4.78 is 0. The molecule has 2 fully saturated rings. The van der Waals surface area contributed by atoms with Gasteiger partial charge in [-0.1, -0.05) is 18.0 Å². The van der Waals surface area contributed by atoms with Crippen molar-refractivity contribution in [2.45, 2.75) is 50.7 Å². The van der Waals surface area contributed by atoms with E-state index >= 15 is 0 Å². The molecule has 2 atom stereocenters. The molecule has 2 N–H and O–H groups in total. The van der Waals surface area contributed by atoms with Crippen molar-refractivity contribution in [3.8, 4) is 0 Å². The monoisotopic (exact) mass is 466 g/mol. The van der Waals surface area contributed by atoms with Gasteiger partial charge in [0.15, 0.2) is 0 Å². The van der Waals surface area contributed by atoms with Gasteiger partial charge in [-0.3, -0.25) is 29.5 Å². The quantitative estimate of drug-likeness (QED) is 0.659. The Hall–Kier alpha value is -3.26. The molecule has 170 valence electrons. The summed E-state index contributed by atoms with van der Waals surface area (Å²) in [6, 6.07) is 7.70. The molecule has 1 aromatic heterocycles. The highest BCUT2D eigenvalue weighted by molar-refractivity contribution is 6.30. The van der Waals surface area contributed by atoms with Crippen LogP contribution in [0.5, 0.6) is 0 Å². The molecule has 1 aromatic carbocycles. The summed E-state index contributed by atoms with van der Waals surface area (Å²) in [5.74, 6) is -0.955. The fraction of sp³-hybridized carbons (Fsp3) is 0.375. The second-order valence-corrected chi connectivity index (χ2v) is 9.25. The molecule has 5 rings (SSSR count). The van der Waals surface area contributed by atoms with E-state index in [0.29, 0.717) is 34.1 Å². The minimum Gasteiger partial charge on any atom is -0.343 e. The maximum Gasteiger partial charge on any atom is 0.255 e. The first-order valence-corrected chi connectivity index (χ1v) is 11.5. The molecule has 2 aromatic rings. The third kappa shape index (κ3) is 4.11. The van der Waals surface area contributed by atoms with Crippen LogP contribution in [-0.2, 0) is 16.1 Å². The number of nitrogens with zero attached hydrogens (tertiary/aromatic N) is 2. The number of piperidine rings is 1. The van der Waals surface area contributed by atoms with E-state index in [2.05, 4.69) is 15.6 Å². The van der Waals surface area contributed by atoms with Crippen molar-refractivity contribution in [1.29, 1.82) is 0 Å². The lowest BCUT2D eigenvalue weighted by Crippen LogP contribution is -2.52. The van der Waals surface area contributed by atoms with Gasteiger partial charge in [-0.15, -0.1) is 0 Å². The van der Waals surface area contributed by atoms with Crippen LogP contribution in [0.1, 0.15) is 70.1 Å². The van der Waals surface area contributed by atoms with Gasteiger partial charge in [-0.05, 0) is 61.1 Å². The van der Waals surface area contributed by atoms with Gasteiger partial charge in [0.1, 0.15) is 6.04 Å². The second-order valence-electron chi connectivity index (χ2n) is 8.82. The van der Waals surface area contributed by atoms with Crippen LogP contribution in [0.3, 0.4) is 0 Å². The average molecular weight is 467 g/mol. The predicted octanol–water partition coefficient (Wildman–Crippen LogP) is 2.77. The zero-order chi connectivity index (χ0) is 23.1. The van der Waals surface area contributed by atoms with E-state index in [1.54, 1.807) is 30.5 Å². The van der Waals surface area contributed by atoms with Crippen molar-refractivity contribution < 1.29 is 19.2 Å². The molecule has 0 unspecified atom stereocenters. The van der Waals surface area contributed by atoms with Gasteiger partial charge in [0, 0.05) is 30.3 Å². The normalized spacial score (nSPS) is 21.3. The molecule has 0 bridgehead atoms. The maximum absolute atomic E-state index is 13.1. The third-order valence-electron chi connectivity index (χ3n) is 6.76. The number of carbonyl (C=O) groups is 4. The summed E-state index contributed by atoms with van der Waals surface area (Å²) in [7, 11) is 0. The van der Waals surface area contributed by atoms with Crippen molar-refractivity contribution in [3.63, 3.8) is 0 Å². The summed E-state index contributed by atoms with van der Waals surface area (Å²) in [5, 5.41) is 5.95. The highest BCUT2D eigenvalue weighted by Gasteiger charge is 2.39. The Bertz CT molecular complexity index is 1150. The first-order chi connectivity index (χ1) is 15.9. The minimum atomic E-state index is -0.682. The largest absolute Gasteiger partial charge is 0.343 e. The van der Waals surface area contributed by atoms with Crippen molar-refractivity contribution in [2.24, 2.45) is 5.92 Å². The topological polar surface area (TPSA) is 108 Å². The summed E-state index contributed by atoms with van der Waals surface area (Å²) >= 11 is 5.97. The predicted molar refractivity (Wildman–Crippen MR) is 119 cm³/mol. The lowest BCUT2D eigenvalue weighted by atomic mass is 9.78. The van der Waals surface area contributed by atoms with Gasteiger partial charge in [0.25, 0.3) is 11.8 Å². The molecule has 4 amide bonds. The molecule has 8 nitrogen and oxygen atoms in total. The highest BCUT2D eigenvalue weighted by Crippen LogP contribution is 2.37. The van der Waals surface area contributed by atoms with E-state index in [9.17, 15) is 19.2 Å². The van der Waals surface area contributed by atoms with Crippen molar-refractivity contribution in [2.75, 3.05) is 0 Å². The SMILES string of the molecule is O=C1CC[C@H](N2Cc3cc(C(=O)N[C@@H](c4ccc(Cl)cn4)C4CCC4)ccc3C2=O)C(=O)N1. The number of pyridine rings is 1. The summed E-state index contributed by atoms with van der Waals surface area (Å²) in [5.41, 5.74) is 2.40. The number of rotatable bonds is 5. The number of benzene rings is 1. The van der Waals surface area contributed by atoms with Gasteiger partial charge in [-0.2, -0.15) is 0 Å². The Balaban J connectivity index is 1.34.